The molecule has 0 amide bonds. The van der Waals surface area contributed by atoms with E-state index in [1.807, 2.05) is 36.4 Å². The van der Waals surface area contributed by atoms with Gasteiger partial charge in [0.2, 0.25) is 10.0 Å². The lowest BCUT2D eigenvalue weighted by molar-refractivity contribution is 0.0260. The molecule has 1 heterocycles. The summed E-state index contributed by atoms with van der Waals surface area (Å²) >= 11 is 0. The summed E-state index contributed by atoms with van der Waals surface area (Å²) < 4.78 is 34.2. The van der Waals surface area contributed by atoms with Gasteiger partial charge in [0.15, 0.2) is 0 Å². The molecule has 3 aliphatic rings. The maximum Gasteiger partial charge on any atom is 0.241 e. The Labute approximate surface area is 232 Å². The number of fused-ring (bicyclic) bond motifs is 1. The highest BCUT2D eigenvalue weighted by Crippen LogP contribution is 2.36. The maximum atomic E-state index is 13.0. The van der Waals surface area contributed by atoms with Gasteiger partial charge in [-0.15, -0.1) is 0 Å². The molecule has 1 atom stereocenters. The molecule has 1 aliphatic heterocycles. The van der Waals surface area contributed by atoms with Crippen LogP contribution in [0, 0.1) is 5.92 Å². The molecular formula is C31H41N3O4S. The fourth-order valence-electron chi connectivity index (χ4n) is 6.08. The second kappa shape index (κ2) is 12.4. The number of rotatable bonds is 10. The minimum absolute atomic E-state index is 0.336. The smallest absolute Gasteiger partial charge is 0.241 e. The van der Waals surface area contributed by atoms with E-state index in [1.165, 1.54) is 11.1 Å². The molecule has 3 N–H and O–H groups in total. The number of likely N-dealkylation sites (tertiary alicyclic amines) is 1. The molecule has 2 aromatic rings. The lowest BCUT2D eigenvalue weighted by Crippen LogP contribution is -2.45. The van der Waals surface area contributed by atoms with E-state index in [0.717, 1.165) is 68.3 Å². The van der Waals surface area contributed by atoms with Crippen molar-refractivity contribution in [3.05, 3.63) is 77.6 Å². The summed E-state index contributed by atoms with van der Waals surface area (Å²) in [6, 6.07) is 13.0. The second-order valence-corrected chi connectivity index (χ2v) is 12.9. The van der Waals surface area contributed by atoms with E-state index in [4.69, 9.17) is 4.74 Å². The molecule has 2 aromatic carbocycles. The summed E-state index contributed by atoms with van der Waals surface area (Å²) in [6.07, 6.45) is 11.7. The number of allylic oxidation sites excluding steroid dienone is 4. The molecule has 0 aromatic heterocycles. The van der Waals surface area contributed by atoms with Gasteiger partial charge in [-0.25, -0.2) is 13.1 Å². The van der Waals surface area contributed by atoms with Gasteiger partial charge in [-0.2, -0.15) is 0 Å². The highest BCUT2D eigenvalue weighted by atomic mass is 32.2. The number of aliphatic hydroxyl groups is 1. The minimum Gasteiger partial charge on any atom is -0.497 e. The molecule has 1 unspecified atom stereocenters. The number of benzene rings is 2. The number of nitrogens with zero attached hydrogens (tertiary/aromatic N) is 1. The minimum atomic E-state index is -3.57. The molecule has 0 saturated carbocycles. The van der Waals surface area contributed by atoms with E-state index in [9.17, 15) is 13.5 Å². The fraction of sp³-hybridized carbons (Fsp3) is 0.484. The molecule has 8 heteroatoms. The van der Waals surface area contributed by atoms with Crippen LogP contribution in [0.15, 0.2) is 82.5 Å². The van der Waals surface area contributed by atoms with Gasteiger partial charge >= 0.3 is 0 Å². The van der Waals surface area contributed by atoms with E-state index < -0.39 is 15.6 Å². The van der Waals surface area contributed by atoms with Crippen molar-refractivity contribution in [1.82, 2.24) is 14.9 Å². The van der Waals surface area contributed by atoms with Gasteiger partial charge in [0.25, 0.3) is 0 Å². The van der Waals surface area contributed by atoms with Crippen molar-refractivity contribution in [2.45, 2.75) is 49.0 Å². The topological polar surface area (TPSA) is 90.9 Å². The number of methoxy groups -OCH3 is 1. The van der Waals surface area contributed by atoms with Gasteiger partial charge in [-0.3, -0.25) is 0 Å². The van der Waals surface area contributed by atoms with Crippen LogP contribution >= 0.6 is 0 Å². The van der Waals surface area contributed by atoms with Crippen molar-refractivity contribution < 1.29 is 18.3 Å². The third kappa shape index (κ3) is 6.99. The van der Waals surface area contributed by atoms with Crippen molar-refractivity contribution >= 4 is 20.8 Å². The van der Waals surface area contributed by atoms with Crippen LogP contribution in [0.1, 0.15) is 38.5 Å². The number of ether oxygens (including phenoxy) is 1. The first-order valence-electron chi connectivity index (χ1n) is 14.1. The second-order valence-electron chi connectivity index (χ2n) is 11.2. The molecular weight excluding hydrogens is 510 g/mol. The highest BCUT2D eigenvalue weighted by molar-refractivity contribution is 7.89. The number of nitrogens with one attached hydrogen (secondary N) is 2. The average molecular weight is 552 g/mol. The summed E-state index contributed by atoms with van der Waals surface area (Å²) in [5, 5.41) is 16.5. The van der Waals surface area contributed by atoms with Crippen LogP contribution < -0.4 is 10.0 Å². The van der Waals surface area contributed by atoms with E-state index in [2.05, 4.69) is 27.1 Å². The zero-order valence-corrected chi connectivity index (χ0v) is 23.7. The number of sulfonamides is 1. The first-order chi connectivity index (χ1) is 18.9. The standard InChI is InChI=1S/C31H41N3O4S/c1-38-28-9-4-7-25-12-15-31(35,21-27(25)20-28)23-32-22-24-13-17-34(18-14-24)19-16-33-39(36,37)30-11-5-8-26-6-2-3-10-29(26)30/h2-6,8-11,20,24,32-33,35H,7,12-19,21-23H2,1H3. The van der Waals surface area contributed by atoms with Crippen molar-refractivity contribution in [3.8, 4) is 0 Å². The van der Waals surface area contributed by atoms with Crippen molar-refractivity contribution in [1.29, 1.82) is 0 Å². The molecule has 2 aliphatic carbocycles. The van der Waals surface area contributed by atoms with Gasteiger partial charge in [0.05, 0.1) is 17.6 Å². The predicted molar refractivity (Wildman–Crippen MR) is 156 cm³/mol. The summed E-state index contributed by atoms with van der Waals surface area (Å²) in [5.41, 5.74) is 1.91. The monoisotopic (exact) mass is 551 g/mol. The van der Waals surface area contributed by atoms with Crippen LogP contribution in [0.3, 0.4) is 0 Å². The number of piperidine rings is 1. The largest absolute Gasteiger partial charge is 0.497 e. The Balaban J connectivity index is 1.03. The summed E-state index contributed by atoms with van der Waals surface area (Å²) in [6.45, 7) is 4.52. The predicted octanol–water partition coefficient (Wildman–Crippen LogP) is 4.12. The quantitative estimate of drug-likeness (QED) is 0.412. The van der Waals surface area contributed by atoms with Crippen molar-refractivity contribution in [3.63, 3.8) is 0 Å². The maximum absolute atomic E-state index is 13.0. The first kappa shape index (κ1) is 28.1. The normalized spacial score (nSPS) is 23.0. The van der Waals surface area contributed by atoms with Gasteiger partial charge in [-0.1, -0.05) is 48.0 Å². The molecule has 39 heavy (non-hydrogen) atoms. The molecule has 0 spiro atoms. The van der Waals surface area contributed by atoms with E-state index in [1.54, 1.807) is 19.2 Å². The molecule has 0 radical (unpaired) electrons. The van der Waals surface area contributed by atoms with Crippen molar-refractivity contribution in [2.75, 3.05) is 46.4 Å². The average Bonchev–Trinajstić information content (AvgIpc) is 3.15. The van der Waals surface area contributed by atoms with Gasteiger partial charge in [0, 0.05) is 31.4 Å². The Morgan fingerprint density at radius 2 is 1.92 bits per heavy atom. The highest BCUT2D eigenvalue weighted by Gasteiger charge is 2.33. The Bertz CT molecular complexity index is 1350. The van der Waals surface area contributed by atoms with Gasteiger partial charge in [-0.05, 0) is 86.8 Å². The third-order valence-corrected chi connectivity index (χ3v) is 9.94. The lowest BCUT2D eigenvalue weighted by atomic mass is 9.79. The molecule has 5 rings (SSSR count). The molecule has 1 fully saturated rings. The molecule has 0 bridgehead atoms. The lowest BCUT2D eigenvalue weighted by Gasteiger charge is -2.36. The van der Waals surface area contributed by atoms with Gasteiger partial charge < -0.3 is 20.1 Å². The summed E-state index contributed by atoms with van der Waals surface area (Å²) in [4.78, 5) is 2.67. The van der Waals surface area contributed by atoms with E-state index in [-0.39, 0.29) is 0 Å². The summed E-state index contributed by atoms with van der Waals surface area (Å²) in [5.74, 6) is 1.42. The van der Waals surface area contributed by atoms with E-state index in [0.29, 0.717) is 36.9 Å². The Hall–Kier alpha value is -2.49. The zero-order valence-electron chi connectivity index (χ0n) is 22.9. The molecule has 210 valence electrons. The zero-order chi connectivity index (χ0) is 27.3. The Morgan fingerprint density at radius 3 is 2.74 bits per heavy atom. The fourth-order valence-corrected chi connectivity index (χ4v) is 7.33. The number of hydrogen-bond acceptors (Lipinski definition) is 6. The Morgan fingerprint density at radius 1 is 1.13 bits per heavy atom. The van der Waals surface area contributed by atoms with Crippen LogP contribution in [0.4, 0.5) is 0 Å². The number of hydrogen-bond donors (Lipinski definition) is 3. The first-order valence-corrected chi connectivity index (χ1v) is 15.6. The molecule has 7 nitrogen and oxygen atoms in total. The third-order valence-electron chi connectivity index (χ3n) is 8.42. The van der Waals surface area contributed by atoms with Crippen LogP contribution in [-0.2, 0) is 14.8 Å². The van der Waals surface area contributed by atoms with E-state index >= 15 is 0 Å². The van der Waals surface area contributed by atoms with Gasteiger partial charge in [0.1, 0.15) is 5.76 Å². The van der Waals surface area contributed by atoms with Crippen LogP contribution in [0.2, 0.25) is 0 Å². The van der Waals surface area contributed by atoms with Crippen LogP contribution in [-0.4, -0.2) is 70.4 Å². The molecule has 1 saturated heterocycles. The Kier molecular flexibility index (Phi) is 8.89. The van der Waals surface area contributed by atoms with Crippen LogP contribution in [0.5, 0.6) is 0 Å². The summed E-state index contributed by atoms with van der Waals surface area (Å²) in [7, 11) is -1.88. The van der Waals surface area contributed by atoms with Crippen LogP contribution in [0.25, 0.3) is 10.8 Å². The van der Waals surface area contributed by atoms with Crippen molar-refractivity contribution in [2.24, 2.45) is 5.92 Å². The SMILES string of the molecule is COC1=CC2=C(CC=C1)CCC(O)(CNCC1CCN(CCNS(=O)(=O)c3cccc4ccccc34)CC1)C2.